The standard InChI is InChI=1S/C8H14F2O2Si/c1-7(2)8(11)12-5-4-6-13(3,9)10/h1,4-6H2,2-3H3. The van der Waals surface area contributed by atoms with E-state index < -0.39 is 14.7 Å². The smallest absolute Gasteiger partial charge is 0.422 e. The van der Waals surface area contributed by atoms with E-state index in [9.17, 15) is 13.0 Å². The predicted octanol–water partition coefficient (Wildman–Crippen LogP) is 2.51. The van der Waals surface area contributed by atoms with Crippen molar-refractivity contribution in [2.75, 3.05) is 6.61 Å². The van der Waals surface area contributed by atoms with Gasteiger partial charge in [0.25, 0.3) is 0 Å². The second-order valence-corrected chi connectivity index (χ2v) is 5.73. The Morgan fingerprint density at radius 3 is 2.46 bits per heavy atom. The molecule has 0 rings (SSSR count). The molecule has 2 nitrogen and oxygen atoms in total. The third kappa shape index (κ3) is 7.64. The molecule has 0 saturated carbocycles. The Hall–Kier alpha value is -0.713. The summed E-state index contributed by atoms with van der Waals surface area (Å²) in [6, 6.07) is -0.129. The Bertz CT molecular complexity index is 199. The highest BCUT2D eigenvalue weighted by Crippen LogP contribution is 2.14. The van der Waals surface area contributed by atoms with Gasteiger partial charge in [-0.25, -0.2) is 4.79 Å². The highest BCUT2D eigenvalue weighted by molar-refractivity contribution is 6.64. The van der Waals surface area contributed by atoms with E-state index in [1.165, 1.54) is 6.92 Å². The van der Waals surface area contributed by atoms with Crippen molar-refractivity contribution in [3.8, 4) is 0 Å². The van der Waals surface area contributed by atoms with Crippen LogP contribution in [0, 0.1) is 0 Å². The van der Waals surface area contributed by atoms with E-state index in [0.29, 0.717) is 5.57 Å². The van der Waals surface area contributed by atoms with Crippen LogP contribution in [-0.4, -0.2) is 21.3 Å². The minimum atomic E-state index is -3.97. The summed E-state index contributed by atoms with van der Waals surface area (Å²) in [6.45, 7) is 5.93. The maximum absolute atomic E-state index is 12.4. The molecule has 0 N–H and O–H groups in total. The fourth-order valence-electron chi connectivity index (χ4n) is 0.671. The molecule has 0 aliphatic carbocycles. The first kappa shape index (κ1) is 12.3. The van der Waals surface area contributed by atoms with Crippen LogP contribution in [0.25, 0.3) is 0 Å². The lowest BCUT2D eigenvalue weighted by atomic mass is 10.4. The molecule has 0 radical (unpaired) electrons. The molecule has 0 fully saturated rings. The Morgan fingerprint density at radius 1 is 1.54 bits per heavy atom. The number of carbonyl (C=O) groups is 1. The van der Waals surface area contributed by atoms with Crippen molar-refractivity contribution >= 4 is 14.7 Å². The molecule has 0 amide bonds. The highest BCUT2D eigenvalue weighted by atomic mass is 28.4. The topological polar surface area (TPSA) is 26.3 Å². The summed E-state index contributed by atoms with van der Waals surface area (Å²) in [5.74, 6) is -0.513. The van der Waals surface area contributed by atoms with E-state index in [-0.39, 0.29) is 19.1 Å². The number of carbonyl (C=O) groups excluding carboxylic acids is 1. The molecule has 0 saturated heterocycles. The van der Waals surface area contributed by atoms with Crippen molar-refractivity contribution in [1.29, 1.82) is 0 Å². The first-order valence-corrected chi connectivity index (χ1v) is 6.50. The first-order chi connectivity index (χ1) is 5.83. The van der Waals surface area contributed by atoms with Gasteiger partial charge in [-0.1, -0.05) is 6.58 Å². The quantitative estimate of drug-likeness (QED) is 0.228. The van der Waals surface area contributed by atoms with Gasteiger partial charge in [-0.2, -0.15) is 0 Å². The molecule has 0 aliphatic heterocycles. The lowest BCUT2D eigenvalue weighted by Gasteiger charge is -2.06. The second kappa shape index (κ2) is 5.11. The molecule has 76 valence electrons. The Labute approximate surface area is 77.9 Å². The number of esters is 1. The number of ether oxygens (including phenoxy) is 1. The number of rotatable bonds is 5. The van der Waals surface area contributed by atoms with Crippen LogP contribution in [0.15, 0.2) is 12.2 Å². The summed E-state index contributed by atoms with van der Waals surface area (Å²) in [7, 11) is -3.97. The molecular formula is C8H14F2O2Si. The van der Waals surface area contributed by atoms with E-state index in [0.717, 1.165) is 6.55 Å². The molecule has 0 atom stereocenters. The van der Waals surface area contributed by atoms with Gasteiger partial charge >= 0.3 is 14.7 Å². The van der Waals surface area contributed by atoms with Crippen LogP contribution < -0.4 is 0 Å². The van der Waals surface area contributed by atoms with Gasteiger partial charge in [0.05, 0.1) is 6.61 Å². The zero-order valence-corrected chi connectivity index (χ0v) is 8.90. The van der Waals surface area contributed by atoms with Gasteiger partial charge in [0.15, 0.2) is 0 Å². The number of hydrogen-bond acceptors (Lipinski definition) is 2. The molecule has 0 aliphatic rings. The fraction of sp³-hybridized carbons (Fsp3) is 0.625. The van der Waals surface area contributed by atoms with Crippen molar-refractivity contribution in [2.24, 2.45) is 0 Å². The van der Waals surface area contributed by atoms with Gasteiger partial charge < -0.3 is 4.74 Å². The zero-order chi connectivity index (χ0) is 10.5. The summed E-state index contributed by atoms with van der Waals surface area (Å²) in [5.41, 5.74) is 0.292. The first-order valence-electron chi connectivity index (χ1n) is 4.03. The minimum Gasteiger partial charge on any atom is -0.462 e. The van der Waals surface area contributed by atoms with Crippen LogP contribution in [0.4, 0.5) is 8.22 Å². The van der Waals surface area contributed by atoms with Gasteiger partial charge in [-0.15, -0.1) is 0 Å². The minimum absolute atomic E-state index is 0.0577. The highest BCUT2D eigenvalue weighted by Gasteiger charge is 2.26. The number of halogens is 2. The normalized spacial score (nSPS) is 11.1. The van der Waals surface area contributed by atoms with Crippen molar-refractivity contribution in [3.63, 3.8) is 0 Å². The van der Waals surface area contributed by atoms with Gasteiger partial charge in [0.2, 0.25) is 0 Å². The van der Waals surface area contributed by atoms with E-state index in [1.807, 2.05) is 0 Å². The van der Waals surface area contributed by atoms with Crippen molar-refractivity contribution in [1.82, 2.24) is 0 Å². The molecule has 0 bridgehead atoms. The van der Waals surface area contributed by atoms with E-state index in [1.54, 1.807) is 0 Å². The largest absolute Gasteiger partial charge is 0.462 e. The fourth-order valence-corrected chi connectivity index (χ4v) is 1.44. The molecule has 0 unspecified atom stereocenters. The van der Waals surface area contributed by atoms with Crippen LogP contribution in [0.3, 0.4) is 0 Å². The average Bonchev–Trinajstić information content (AvgIpc) is 1.95. The van der Waals surface area contributed by atoms with Gasteiger partial charge in [0.1, 0.15) is 0 Å². The lowest BCUT2D eigenvalue weighted by molar-refractivity contribution is -0.138. The maximum atomic E-state index is 12.4. The van der Waals surface area contributed by atoms with Crippen LogP contribution >= 0.6 is 0 Å². The Kier molecular flexibility index (Phi) is 4.83. The van der Waals surface area contributed by atoms with Crippen LogP contribution in [-0.2, 0) is 9.53 Å². The van der Waals surface area contributed by atoms with Crippen LogP contribution in [0.5, 0.6) is 0 Å². The monoisotopic (exact) mass is 208 g/mol. The summed E-state index contributed by atoms with van der Waals surface area (Å²) >= 11 is 0. The lowest BCUT2D eigenvalue weighted by Crippen LogP contribution is -2.17. The molecule has 0 aromatic carbocycles. The molecule has 0 spiro atoms. The van der Waals surface area contributed by atoms with Crippen LogP contribution in [0.2, 0.25) is 12.6 Å². The third-order valence-corrected chi connectivity index (χ3v) is 2.57. The second-order valence-electron chi connectivity index (χ2n) is 3.09. The molecular weight excluding hydrogens is 194 g/mol. The molecule has 5 heteroatoms. The summed E-state index contributed by atoms with van der Waals surface area (Å²) < 4.78 is 29.4. The van der Waals surface area contributed by atoms with Gasteiger partial charge in [-0.05, 0) is 19.9 Å². The molecule has 0 aromatic heterocycles. The van der Waals surface area contributed by atoms with E-state index >= 15 is 0 Å². The van der Waals surface area contributed by atoms with Crippen LogP contribution in [0.1, 0.15) is 13.3 Å². The maximum Gasteiger partial charge on any atom is 0.422 e. The third-order valence-electron chi connectivity index (χ3n) is 1.34. The number of hydrogen-bond donors (Lipinski definition) is 0. The van der Waals surface area contributed by atoms with Gasteiger partial charge in [0, 0.05) is 11.6 Å². The summed E-state index contributed by atoms with van der Waals surface area (Å²) in [5, 5.41) is 0. The summed E-state index contributed by atoms with van der Waals surface area (Å²) in [6.07, 6.45) is 0.231. The average molecular weight is 208 g/mol. The van der Waals surface area contributed by atoms with Crippen molar-refractivity contribution in [2.45, 2.75) is 25.9 Å². The summed E-state index contributed by atoms with van der Waals surface area (Å²) in [4.78, 5) is 10.8. The molecule has 0 aromatic rings. The molecule has 0 heterocycles. The SMILES string of the molecule is C=C(C)C(=O)OCCC[Si](C)(F)F. The predicted molar refractivity (Wildman–Crippen MR) is 49.0 cm³/mol. The van der Waals surface area contributed by atoms with E-state index in [2.05, 4.69) is 11.3 Å². The zero-order valence-electron chi connectivity index (χ0n) is 7.90. The molecule has 13 heavy (non-hydrogen) atoms. The van der Waals surface area contributed by atoms with E-state index in [4.69, 9.17) is 0 Å². The van der Waals surface area contributed by atoms with Crippen molar-refractivity contribution in [3.05, 3.63) is 12.2 Å². The van der Waals surface area contributed by atoms with Gasteiger partial charge in [-0.3, -0.25) is 8.22 Å². The van der Waals surface area contributed by atoms with Crippen molar-refractivity contribution < 1.29 is 17.7 Å². The Morgan fingerprint density at radius 2 is 2.08 bits per heavy atom. The Balaban J connectivity index is 3.47.